The molecule has 5 heterocycles. The average Bonchev–Trinajstić information content (AvgIpc) is 3.48. The zero-order valence-corrected chi connectivity index (χ0v) is 17.0. The van der Waals surface area contributed by atoms with Crippen LogP contribution < -0.4 is 15.2 Å². The summed E-state index contributed by atoms with van der Waals surface area (Å²) in [5.41, 5.74) is 0.00145. The van der Waals surface area contributed by atoms with Crippen LogP contribution in [0.5, 0.6) is 0 Å². The molecular weight excluding hydrogens is 425 g/mol. The van der Waals surface area contributed by atoms with Crippen molar-refractivity contribution in [2.75, 3.05) is 36.4 Å². The van der Waals surface area contributed by atoms with Crippen LogP contribution in [0, 0.1) is 0 Å². The van der Waals surface area contributed by atoms with E-state index in [0.717, 1.165) is 10.5 Å². The fourth-order valence-electron chi connectivity index (χ4n) is 4.25. The summed E-state index contributed by atoms with van der Waals surface area (Å²) < 4.78 is 47.5. The van der Waals surface area contributed by atoms with Gasteiger partial charge in [-0.1, -0.05) is 6.07 Å². The van der Waals surface area contributed by atoms with Gasteiger partial charge in [-0.25, -0.2) is 9.67 Å². The van der Waals surface area contributed by atoms with Gasteiger partial charge in [0.15, 0.2) is 11.7 Å². The molecule has 0 aromatic carbocycles. The molecule has 1 fully saturated rings. The number of hydrogen-bond acceptors (Lipinski definition) is 5. The summed E-state index contributed by atoms with van der Waals surface area (Å²) in [4.78, 5) is 19.9. The second-order valence-corrected chi connectivity index (χ2v) is 7.89. The summed E-state index contributed by atoms with van der Waals surface area (Å²) in [5, 5.41) is 7.09. The van der Waals surface area contributed by atoms with E-state index in [1.54, 1.807) is 17.0 Å². The molecule has 11 heteroatoms. The Morgan fingerprint density at radius 2 is 1.97 bits per heavy atom. The van der Waals surface area contributed by atoms with Crippen molar-refractivity contribution < 1.29 is 27.4 Å². The first-order chi connectivity index (χ1) is 15.4. The number of rotatable bonds is 3. The molecule has 5 rings (SSSR count). The molecule has 0 aliphatic carbocycles. The van der Waals surface area contributed by atoms with Gasteiger partial charge in [0.05, 0.1) is 31.6 Å². The summed E-state index contributed by atoms with van der Waals surface area (Å²) in [6.45, 7) is 2.14. The number of aromatic nitrogens is 3. The van der Waals surface area contributed by atoms with Gasteiger partial charge in [-0.2, -0.15) is 18.3 Å². The number of amides is 1. The van der Waals surface area contributed by atoms with Crippen LogP contribution >= 0.6 is 0 Å². The molecule has 3 aromatic heterocycles. The number of halogens is 3. The number of anilines is 2. The van der Waals surface area contributed by atoms with Gasteiger partial charge in [-0.05, 0) is 18.2 Å². The smallest absolute Gasteiger partial charge is 0.410 e. The standard InChI is InChI=1S/C21H21F3N6O2/c22-21(23,24)17-12-14(16-4-3-11-32-16)26-19-13-15(27-30(17)19)20(31)29-9-7-28(8-10-29)18-5-1-2-6-25-18/h1-6,11,13-14,17,26H,7-10,12H2/p+1/t14-,17-/m0/s1. The Morgan fingerprint density at radius 1 is 1.16 bits per heavy atom. The predicted octanol–water partition coefficient (Wildman–Crippen LogP) is 2.91. The van der Waals surface area contributed by atoms with Crippen molar-refractivity contribution >= 4 is 17.5 Å². The summed E-state index contributed by atoms with van der Waals surface area (Å²) in [6.07, 6.45) is -1.52. The highest BCUT2D eigenvalue weighted by atomic mass is 19.4. The Kier molecular flexibility index (Phi) is 5.03. The Bertz CT molecular complexity index is 1070. The van der Waals surface area contributed by atoms with Gasteiger partial charge in [-0.3, -0.25) is 9.69 Å². The Balaban J connectivity index is 1.34. The Morgan fingerprint density at radius 3 is 2.62 bits per heavy atom. The number of nitrogens with zero attached hydrogens (tertiary/aromatic N) is 4. The summed E-state index contributed by atoms with van der Waals surface area (Å²) in [7, 11) is 0. The van der Waals surface area contributed by atoms with Crippen molar-refractivity contribution in [1.29, 1.82) is 0 Å². The highest BCUT2D eigenvalue weighted by molar-refractivity contribution is 5.93. The minimum Gasteiger partial charge on any atom is -0.467 e. The lowest BCUT2D eigenvalue weighted by atomic mass is 10.0. The number of furan rings is 1. The average molecular weight is 447 g/mol. The minimum atomic E-state index is -4.51. The molecule has 2 N–H and O–H groups in total. The van der Waals surface area contributed by atoms with E-state index in [-0.39, 0.29) is 23.8 Å². The molecule has 8 nitrogen and oxygen atoms in total. The van der Waals surface area contributed by atoms with E-state index in [1.165, 1.54) is 12.3 Å². The third kappa shape index (κ3) is 3.78. The van der Waals surface area contributed by atoms with Crippen molar-refractivity contribution in [2.45, 2.75) is 24.7 Å². The van der Waals surface area contributed by atoms with Crippen molar-refractivity contribution in [2.24, 2.45) is 0 Å². The number of H-pyrrole nitrogens is 1. The van der Waals surface area contributed by atoms with Crippen molar-refractivity contribution in [1.82, 2.24) is 14.7 Å². The van der Waals surface area contributed by atoms with E-state index in [9.17, 15) is 18.0 Å². The molecule has 1 amide bonds. The molecule has 0 bridgehead atoms. The topological polar surface area (TPSA) is 80.7 Å². The van der Waals surface area contributed by atoms with E-state index in [0.29, 0.717) is 31.9 Å². The van der Waals surface area contributed by atoms with Crippen LogP contribution in [0.4, 0.5) is 24.8 Å². The molecule has 1 saturated heterocycles. The first-order valence-electron chi connectivity index (χ1n) is 10.4. The number of hydrogen-bond donors (Lipinski definition) is 1. The fourth-order valence-corrected chi connectivity index (χ4v) is 4.25. The van der Waals surface area contributed by atoms with E-state index in [2.05, 4.69) is 20.3 Å². The van der Waals surface area contributed by atoms with Crippen LogP contribution in [-0.2, 0) is 0 Å². The number of nitrogens with one attached hydrogen (secondary N) is 2. The summed E-state index contributed by atoms with van der Waals surface area (Å²) >= 11 is 0. The van der Waals surface area contributed by atoms with Crippen LogP contribution in [0.25, 0.3) is 0 Å². The molecule has 3 aromatic rings. The van der Waals surface area contributed by atoms with Gasteiger partial charge in [0, 0.05) is 18.6 Å². The molecule has 0 spiro atoms. The van der Waals surface area contributed by atoms with E-state index in [1.807, 2.05) is 24.4 Å². The van der Waals surface area contributed by atoms with Gasteiger partial charge < -0.3 is 14.6 Å². The number of carbonyl (C=O) groups is 1. The molecule has 168 valence electrons. The first-order valence-corrected chi connectivity index (χ1v) is 10.4. The van der Waals surface area contributed by atoms with Gasteiger partial charge in [0.25, 0.3) is 11.7 Å². The van der Waals surface area contributed by atoms with Crippen LogP contribution in [0.1, 0.15) is 34.8 Å². The maximum Gasteiger partial charge on any atom is 0.410 e. The maximum atomic E-state index is 13.8. The van der Waals surface area contributed by atoms with Crippen molar-refractivity contribution in [3.63, 3.8) is 0 Å². The summed E-state index contributed by atoms with van der Waals surface area (Å²) in [6, 6.07) is 7.93. The minimum absolute atomic E-state index is 0.00145. The third-order valence-corrected chi connectivity index (χ3v) is 5.90. The molecule has 2 atom stereocenters. The highest BCUT2D eigenvalue weighted by Crippen LogP contribution is 2.43. The fraction of sp³-hybridized carbons (Fsp3) is 0.381. The number of fused-ring (bicyclic) bond motifs is 1. The molecular formula is C21H22F3N6O2+. The van der Waals surface area contributed by atoms with Crippen LogP contribution in [0.15, 0.2) is 53.3 Å². The predicted molar refractivity (Wildman–Crippen MR) is 108 cm³/mol. The summed E-state index contributed by atoms with van der Waals surface area (Å²) in [5.74, 6) is 1.15. The zero-order valence-electron chi connectivity index (χ0n) is 17.0. The van der Waals surface area contributed by atoms with Crippen LogP contribution in [0.2, 0.25) is 0 Å². The second kappa shape index (κ2) is 7.88. The second-order valence-electron chi connectivity index (χ2n) is 7.89. The zero-order chi connectivity index (χ0) is 22.3. The van der Waals surface area contributed by atoms with E-state index in [4.69, 9.17) is 4.42 Å². The maximum absolute atomic E-state index is 13.8. The van der Waals surface area contributed by atoms with Crippen LogP contribution in [-0.4, -0.2) is 52.9 Å². The first kappa shape index (κ1) is 20.4. The molecule has 0 radical (unpaired) electrons. The molecule has 2 aliphatic heterocycles. The molecule has 0 unspecified atom stereocenters. The number of aromatic amines is 1. The van der Waals surface area contributed by atoms with Gasteiger partial charge in [0.1, 0.15) is 24.7 Å². The third-order valence-electron chi connectivity index (χ3n) is 5.90. The molecule has 2 aliphatic rings. The number of alkyl halides is 3. The van der Waals surface area contributed by atoms with E-state index >= 15 is 0 Å². The molecule has 32 heavy (non-hydrogen) atoms. The lowest BCUT2D eigenvalue weighted by molar-refractivity contribution is -0.364. The monoisotopic (exact) mass is 447 g/mol. The Hall–Kier alpha value is -3.50. The van der Waals surface area contributed by atoms with Gasteiger partial charge in [-0.15, -0.1) is 0 Å². The van der Waals surface area contributed by atoms with Gasteiger partial charge in [0.2, 0.25) is 0 Å². The van der Waals surface area contributed by atoms with Gasteiger partial charge >= 0.3 is 6.18 Å². The Labute approximate surface area is 181 Å². The van der Waals surface area contributed by atoms with Crippen molar-refractivity contribution in [3.05, 3.63) is 60.3 Å². The van der Waals surface area contributed by atoms with Crippen molar-refractivity contribution in [3.8, 4) is 0 Å². The quantitative estimate of drug-likeness (QED) is 0.668. The largest absolute Gasteiger partial charge is 0.467 e. The highest BCUT2D eigenvalue weighted by Gasteiger charge is 2.47. The molecule has 0 saturated carbocycles. The SMILES string of the molecule is O=C(c1cc2n(n1)[C@H](C(F)(F)F)C[C@@H](c1ccco1)N2)N1CCN(c2cccc[nH+]2)CC1. The number of pyridine rings is 1. The normalized spacial score (nSPS) is 21.2. The van der Waals surface area contributed by atoms with E-state index < -0.39 is 18.3 Å². The lowest BCUT2D eigenvalue weighted by Crippen LogP contribution is -2.50. The van der Waals surface area contributed by atoms with Crippen LogP contribution in [0.3, 0.4) is 0 Å². The number of carbonyl (C=O) groups excluding carboxylic acids is 1. The number of piperazine rings is 1. The lowest BCUT2D eigenvalue weighted by Gasteiger charge is -2.32.